The van der Waals surface area contributed by atoms with Gasteiger partial charge in [-0.15, -0.1) is 0 Å². The van der Waals surface area contributed by atoms with Crippen LogP contribution in [-0.4, -0.2) is 4.98 Å². The van der Waals surface area contributed by atoms with Gasteiger partial charge in [0.15, 0.2) is 0 Å². The monoisotopic (exact) mass is 527 g/mol. The fourth-order valence-electron chi connectivity index (χ4n) is 4.69. The fourth-order valence-corrected chi connectivity index (χ4v) is 4.69. The highest BCUT2D eigenvalue weighted by Gasteiger charge is 2.37. The third kappa shape index (κ3) is 7.12. The van der Waals surface area contributed by atoms with Crippen molar-refractivity contribution in [3.8, 4) is 0 Å². The molecule has 36 heavy (non-hydrogen) atoms. The first-order chi connectivity index (χ1) is 16.5. The van der Waals surface area contributed by atoms with Gasteiger partial charge < -0.3 is 11.1 Å². The van der Waals surface area contributed by atoms with Gasteiger partial charge in [-0.1, -0.05) is 25.7 Å². The Labute approximate surface area is 202 Å². The highest BCUT2D eigenvalue weighted by atomic mass is 19.4. The zero-order valence-corrected chi connectivity index (χ0v) is 19.3. The van der Waals surface area contributed by atoms with Crippen molar-refractivity contribution in [2.75, 3.05) is 0 Å². The average Bonchev–Trinajstić information content (AvgIpc) is 3.24. The minimum Gasteiger partial charge on any atom is -0.320 e. The first-order valence-corrected chi connectivity index (χ1v) is 11.3. The van der Waals surface area contributed by atoms with E-state index in [1.807, 2.05) is 0 Å². The number of rotatable bonds is 7. The molecule has 3 nitrogen and oxygen atoms in total. The summed E-state index contributed by atoms with van der Waals surface area (Å²) < 4.78 is 119. The number of benzene rings is 1. The second-order valence-electron chi connectivity index (χ2n) is 9.52. The van der Waals surface area contributed by atoms with Crippen molar-refractivity contribution in [2.24, 2.45) is 11.7 Å². The molecule has 12 heteroatoms. The van der Waals surface area contributed by atoms with Crippen molar-refractivity contribution in [3.05, 3.63) is 64.0 Å². The molecule has 1 aliphatic rings. The topological polar surface area (TPSA) is 50.9 Å². The summed E-state index contributed by atoms with van der Waals surface area (Å²) in [5.74, 6) is 0.288. The molecule has 0 bridgehead atoms. The van der Waals surface area contributed by atoms with Crippen molar-refractivity contribution in [1.29, 1.82) is 0 Å². The molecule has 3 rings (SSSR count). The van der Waals surface area contributed by atoms with E-state index in [0.29, 0.717) is 24.8 Å². The SMILES string of the molecule is CC(N)(CC1CCCC1)c1ncc(C(F)(F)F)cc1CNCc1cc(C(F)(F)F)cc(C(F)(F)F)c1. The number of alkyl halides is 9. The molecule has 0 spiro atoms. The number of nitrogens with zero attached hydrogens (tertiary/aromatic N) is 1. The van der Waals surface area contributed by atoms with Gasteiger partial charge in [-0.25, -0.2) is 0 Å². The normalized spacial score (nSPS) is 17.4. The molecule has 200 valence electrons. The molecule has 1 atom stereocenters. The Hall–Kier alpha value is -2.34. The van der Waals surface area contributed by atoms with Crippen LogP contribution in [0.5, 0.6) is 0 Å². The van der Waals surface area contributed by atoms with Gasteiger partial charge in [-0.3, -0.25) is 4.98 Å². The number of pyridine rings is 1. The van der Waals surface area contributed by atoms with Crippen LogP contribution < -0.4 is 11.1 Å². The van der Waals surface area contributed by atoms with Crippen molar-refractivity contribution in [2.45, 2.75) is 76.2 Å². The minimum absolute atomic E-state index is 0.0151. The second-order valence-corrected chi connectivity index (χ2v) is 9.52. The lowest BCUT2D eigenvalue weighted by Gasteiger charge is -2.30. The van der Waals surface area contributed by atoms with E-state index in [-0.39, 0.29) is 35.3 Å². The summed E-state index contributed by atoms with van der Waals surface area (Å²) in [4.78, 5) is 3.99. The summed E-state index contributed by atoms with van der Waals surface area (Å²) in [5, 5.41) is 2.66. The maximum absolute atomic E-state index is 13.3. The molecule has 0 radical (unpaired) electrons. The number of nitrogens with one attached hydrogen (secondary N) is 1. The standard InChI is InChI=1S/C24H26F9N3/c1-21(34,10-14-4-2-3-5-14)20-16(8-19(13-36-20)24(31,32)33)12-35-11-15-6-17(22(25,26)27)9-18(7-15)23(28,29)30/h6-9,13-14,35H,2-5,10-12,34H2,1H3. The zero-order chi connectivity index (χ0) is 26.9. The van der Waals surface area contributed by atoms with Gasteiger partial charge in [0.25, 0.3) is 0 Å². The van der Waals surface area contributed by atoms with Crippen LogP contribution in [0.1, 0.15) is 72.5 Å². The smallest absolute Gasteiger partial charge is 0.320 e. The number of hydrogen-bond acceptors (Lipinski definition) is 3. The molecular weight excluding hydrogens is 501 g/mol. The van der Waals surface area contributed by atoms with E-state index in [0.717, 1.165) is 31.7 Å². The Kier molecular flexibility index (Phi) is 8.00. The highest BCUT2D eigenvalue weighted by molar-refractivity contribution is 5.34. The van der Waals surface area contributed by atoms with Gasteiger partial charge in [-0.2, -0.15) is 39.5 Å². The van der Waals surface area contributed by atoms with Crippen LogP contribution in [0.25, 0.3) is 0 Å². The predicted molar refractivity (Wildman–Crippen MR) is 114 cm³/mol. The summed E-state index contributed by atoms with van der Waals surface area (Å²) in [6, 6.07) is 2.02. The molecule has 1 aromatic heterocycles. The van der Waals surface area contributed by atoms with Gasteiger partial charge >= 0.3 is 18.5 Å². The molecule has 1 unspecified atom stereocenters. The molecule has 1 aliphatic carbocycles. The van der Waals surface area contributed by atoms with Crippen molar-refractivity contribution >= 4 is 0 Å². The van der Waals surface area contributed by atoms with E-state index in [9.17, 15) is 39.5 Å². The van der Waals surface area contributed by atoms with Crippen LogP contribution in [0.15, 0.2) is 30.5 Å². The zero-order valence-electron chi connectivity index (χ0n) is 19.3. The van der Waals surface area contributed by atoms with Crippen molar-refractivity contribution in [3.63, 3.8) is 0 Å². The number of hydrogen-bond donors (Lipinski definition) is 2. The molecule has 1 heterocycles. The van der Waals surface area contributed by atoms with Gasteiger partial charge in [-0.05, 0) is 54.7 Å². The molecule has 0 aliphatic heterocycles. The maximum Gasteiger partial charge on any atom is 0.417 e. The fraction of sp³-hybridized carbons (Fsp3) is 0.542. The Morgan fingerprint density at radius 2 is 1.33 bits per heavy atom. The van der Waals surface area contributed by atoms with Gasteiger partial charge in [0.05, 0.1) is 27.9 Å². The third-order valence-electron chi connectivity index (χ3n) is 6.31. The molecule has 1 saturated carbocycles. The summed E-state index contributed by atoms with van der Waals surface area (Å²) in [6.07, 6.45) is -9.58. The third-order valence-corrected chi connectivity index (χ3v) is 6.31. The van der Waals surface area contributed by atoms with Crippen LogP contribution in [0.2, 0.25) is 0 Å². The first-order valence-electron chi connectivity index (χ1n) is 11.3. The van der Waals surface area contributed by atoms with Crippen LogP contribution in [0.3, 0.4) is 0 Å². The minimum atomic E-state index is -5.00. The number of aromatic nitrogens is 1. The summed E-state index contributed by atoms with van der Waals surface area (Å²) in [6.45, 7) is 0.917. The lowest BCUT2D eigenvalue weighted by atomic mass is 9.83. The largest absolute Gasteiger partial charge is 0.417 e. The lowest BCUT2D eigenvalue weighted by molar-refractivity contribution is -0.143. The van der Waals surface area contributed by atoms with E-state index in [2.05, 4.69) is 10.3 Å². The molecule has 1 fully saturated rings. The van der Waals surface area contributed by atoms with Crippen LogP contribution in [-0.2, 0) is 37.2 Å². The van der Waals surface area contributed by atoms with Crippen LogP contribution in [0, 0.1) is 5.92 Å². The van der Waals surface area contributed by atoms with Gasteiger partial charge in [0.1, 0.15) is 0 Å². The van der Waals surface area contributed by atoms with Crippen molar-refractivity contribution in [1.82, 2.24) is 10.3 Å². The van der Waals surface area contributed by atoms with Crippen molar-refractivity contribution < 1.29 is 39.5 Å². The molecule has 0 saturated heterocycles. The Morgan fingerprint density at radius 1 is 0.806 bits per heavy atom. The van der Waals surface area contributed by atoms with Gasteiger partial charge in [0.2, 0.25) is 0 Å². The molecule has 2 aromatic rings. The average molecular weight is 527 g/mol. The Balaban J connectivity index is 1.87. The molecular formula is C24H26F9N3. The van der Waals surface area contributed by atoms with E-state index in [1.165, 1.54) is 0 Å². The molecule has 1 aromatic carbocycles. The summed E-state index contributed by atoms with van der Waals surface area (Å²) in [5.41, 5.74) is 1.39. The Morgan fingerprint density at radius 3 is 1.83 bits per heavy atom. The summed E-state index contributed by atoms with van der Waals surface area (Å²) in [7, 11) is 0. The van der Waals surface area contributed by atoms with E-state index < -0.39 is 47.3 Å². The second kappa shape index (κ2) is 10.2. The Bertz CT molecular complexity index is 1020. The lowest BCUT2D eigenvalue weighted by Crippen LogP contribution is -2.38. The number of nitrogens with two attached hydrogens (primary N) is 1. The van der Waals surface area contributed by atoms with Crippen LogP contribution >= 0.6 is 0 Å². The van der Waals surface area contributed by atoms with Crippen LogP contribution in [0.4, 0.5) is 39.5 Å². The summed E-state index contributed by atoms with van der Waals surface area (Å²) >= 11 is 0. The molecule has 0 amide bonds. The maximum atomic E-state index is 13.3. The van der Waals surface area contributed by atoms with E-state index >= 15 is 0 Å². The van der Waals surface area contributed by atoms with E-state index in [4.69, 9.17) is 5.73 Å². The quantitative estimate of drug-likeness (QED) is 0.375. The highest BCUT2D eigenvalue weighted by Crippen LogP contribution is 2.38. The first kappa shape index (κ1) is 28.2. The predicted octanol–water partition coefficient (Wildman–Crippen LogP) is 7.18. The van der Waals surface area contributed by atoms with Gasteiger partial charge in [0, 0.05) is 19.3 Å². The molecule has 3 N–H and O–H groups in total. The number of halogens is 9. The van der Waals surface area contributed by atoms with E-state index in [1.54, 1.807) is 6.92 Å².